The van der Waals surface area contributed by atoms with Crippen LogP contribution in [0.4, 0.5) is 11.4 Å². The fourth-order valence-electron chi connectivity index (χ4n) is 1.47. The molecule has 0 unspecified atom stereocenters. The van der Waals surface area contributed by atoms with Crippen LogP contribution in [0.15, 0.2) is 28.8 Å². The van der Waals surface area contributed by atoms with Gasteiger partial charge in [0.05, 0.1) is 18.5 Å². The lowest BCUT2D eigenvalue weighted by Crippen LogP contribution is -2.11. The third-order valence-corrected chi connectivity index (χ3v) is 2.33. The lowest BCUT2D eigenvalue weighted by molar-refractivity contribution is 0.0987. The van der Waals surface area contributed by atoms with Gasteiger partial charge in [-0.2, -0.15) is 0 Å². The average Bonchev–Trinajstić information content (AvgIpc) is 2.78. The molecule has 1 aromatic heterocycles. The number of benzene rings is 1. The fraction of sp³-hybridized carbons (Fsp3) is 0.167. The van der Waals surface area contributed by atoms with Crippen LogP contribution in [0, 0.1) is 6.92 Å². The number of anilines is 2. The molecule has 0 aliphatic rings. The van der Waals surface area contributed by atoms with Gasteiger partial charge in [0, 0.05) is 17.8 Å². The first-order valence-electron chi connectivity index (χ1n) is 5.28. The van der Waals surface area contributed by atoms with Crippen molar-refractivity contribution in [2.24, 2.45) is 0 Å². The van der Waals surface area contributed by atoms with Crippen molar-refractivity contribution in [2.45, 2.75) is 6.92 Å². The second-order valence-corrected chi connectivity index (χ2v) is 3.75. The lowest BCUT2D eigenvalue weighted by Gasteiger charge is -2.09. The van der Waals surface area contributed by atoms with Gasteiger partial charge < -0.3 is 20.3 Å². The summed E-state index contributed by atoms with van der Waals surface area (Å²) in [5.74, 6) is 0.240. The van der Waals surface area contributed by atoms with Crippen molar-refractivity contribution >= 4 is 17.3 Å². The standard InChI is InChI=1S/C12H13N3O3/c1-7-5-11(18-15-7)12(16)14-9-4-3-8(13)6-10(9)17-2/h3-6H,13H2,1-2H3,(H,14,16). The highest BCUT2D eigenvalue weighted by Crippen LogP contribution is 2.27. The van der Waals surface area contributed by atoms with E-state index in [2.05, 4.69) is 10.5 Å². The Morgan fingerprint density at radius 3 is 2.83 bits per heavy atom. The fourth-order valence-corrected chi connectivity index (χ4v) is 1.47. The minimum absolute atomic E-state index is 0.145. The van der Waals surface area contributed by atoms with E-state index in [0.717, 1.165) is 0 Å². The van der Waals surface area contributed by atoms with Crippen LogP contribution in [0.2, 0.25) is 0 Å². The van der Waals surface area contributed by atoms with E-state index < -0.39 is 5.91 Å². The van der Waals surface area contributed by atoms with E-state index >= 15 is 0 Å². The Balaban J connectivity index is 2.21. The molecule has 0 saturated heterocycles. The summed E-state index contributed by atoms with van der Waals surface area (Å²) in [5, 5.41) is 6.31. The number of nitrogens with two attached hydrogens (primary N) is 1. The molecule has 0 radical (unpaired) electrons. The van der Waals surface area contributed by atoms with Crippen molar-refractivity contribution in [1.82, 2.24) is 5.16 Å². The molecule has 6 nitrogen and oxygen atoms in total. The Labute approximate surface area is 104 Å². The molecule has 0 aliphatic carbocycles. The van der Waals surface area contributed by atoms with E-state index in [1.165, 1.54) is 7.11 Å². The molecule has 0 fully saturated rings. The number of aryl methyl sites for hydroxylation is 1. The molecule has 0 atom stereocenters. The summed E-state index contributed by atoms with van der Waals surface area (Å²) in [7, 11) is 1.50. The highest BCUT2D eigenvalue weighted by Gasteiger charge is 2.14. The van der Waals surface area contributed by atoms with Crippen molar-refractivity contribution in [3.8, 4) is 5.75 Å². The van der Waals surface area contributed by atoms with Gasteiger partial charge in [0.1, 0.15) is 5.75 Å². The second-order valence-electron chi connectivity index (χ2n) is 3.75. The monoisotopic (exact) mass is 247 g/mol. The van der Waals surface area contributed by atoms with Crippen LogP contribution in [0.3, 0.4) is 0 Å². The van der Waals surface area contributed by atoms with E-state index in [-0.39, 0.29) is 5.76 Å². The summed E-state index contributed by atoms with van der Waals surface area (Å²) in [5.41, 5.74) is 7.35. The third-order valence-electron chi connectivity index (χ3n) is 2.33. The van der Waals surface area contributed by atoms with Crippen LogP contribution in [-0.2, 0) is 0 Å². The first kappa shape index (κ1) is 12.0. The van der Waals surface area contributed by atoms with Gasteiger partial charge in [-0.25, -0.2) is 0 Å². The summed E-state index contributed by atoms with van der Waals surface area (Å²) < 4.78 is 10.00. The molecule has 94 valence electrons. The summed E-state index contributed by atoms with van der Waals surface area (Å²) in [6.07, 6.45) is 0. The number of methoxy groups -OCH3 is 1. The molecular formula is C12H13N3O3. The molecule has 1 aromatic carbocycles. The van der Waals surface area contributed by atoms with Gasteiger partial charge in [-0.1, -0.05) is 5.16 Å². The van der Waals surface area contributed by atoms with Crippen LogP contribution in [0.5, 0.6) is 5.75 Å². The van der Waals surface area contributed by atoms with E-state index in [9.17, 15) is 4.79 Å². The summed E-state index contributed by atoms with van der Waals surface area (Å²) in [6, 6.07) is 6.51. The molecule has 18 heavy (non-hydrogen) atoms. The summed E-state index contributed by atoms with van der Waals surface area (Å²) in [6.45, 7) is 1.74. The number of carbonyl (C=O) groups is 1. The summed E-state index contributed by atoms with van der Waals surface area (Å²) >= 11 is 0. The van der Waals surface area contributed by atoms with Crippen molar-refractivity contribution in [1.29, 1.82) is 0 Å². The lowest BCUT2D eigenvalue weighted by atomic mass is 10.2. The maximum Gasteiger partial charge on any atom is 0.294 e. The minimum Gasteiger partial charge on any atom is -0.494 e. The number of nitrogen functional groups attached to an aromatic ring is 1. The van der Waals surface area contributed by atoms with Crippen molar-refractivity contribution < 1.29 is 14.1 Å². The molecule has 2 rings (SSSR count). The van der Waals surface area contributed by atoms with Crippen LogP contribution in [0.1, 0.15) is 16.2 Å². The summed E-state index contributed by atoms with van der Waals surface area (Å²) in [4.78, 5) is 11.8. The third kappa shape index (κ3) is 2.42. The molecule has 0 aliphatic heterocycles. The zero-order valence-corrected chi connectivity index (χ0v) is 10.1. The smallest absolute Gasteiger partial charge is 0.294 e. The number of hydrogen-bond donors (Lipinski definition) is 2. The van der Waals surface area contributed by atoms with Crippen LogP contribution in [0.25, 0.3) is 0 Å². The van der Waals surface area contributed by atoms with Gasteiger partial charge in [-0.15, -0.1) is 0 Å². The highest BCUT2D eigenvalue weighted by atomic mass is 16.5. The number of nitrogens with zero attached hydrogens (tertiary/aromatic N) is 1. The number of rotatable bonds is 3. The van der Waals surface area contributed by atoms with Gasteiger partial charge >= 0.3 is 0 Å². The maximum absolute atomic E-state index is 11.8. The SMILES string of the molecule is COc1cc(N)ccc1NC(=O)c1cc(C)no1. The number of hydrogen-bond acceptors (Lipinski definition) is 5. The van der Waals surface area contributed by atoms with Gasteiger partial charge in [-0.05, 0) is 19.1 Å². The van der Waals surface area contributed by atoms with Gasteiger partial charge in [0.15, 0.2) is 0 Å². The number of carbonyl (C=O) groups excluding carboxylic acids is 1. The number of nitrogens with one attached hydrogen (secondary N) is 1. The molecule has 0 saturated carbocycles. The van der Waals surface area contributed by atoms with Crippen molar-refractivity contribution in [3.05, 3.63) is 35.7 Å². The second kappa shape index (κ2) is 4.79. The van der Waals surface area contributed by atoms with E-state index in [1.54, 1.807) is 31.2 Å². The van der Waals surface area contributed by atoms with Crippen LogP contribution < -0.4 is 15.8 Å². The molecule has 6 heteroatoms. The first-order chi connectivity index (χ1) is 8.60. The molecule has 1 amide bonds. The van der Waals surface area contributed by atoms with Crippen LogP contribution >= 0.6 is 0 Å². The van der Waals surface area contributed by atoms with E-state index in [1.807, 2.05) is 0 Å². The molecular weight excluding hydrogens is 234 g/mol. The van der Waals surface area contributed by atoms with Crippen molar-refractivity contribution in [3.63, 3.8) is 0 Å². The Hall–Kier alpha value is -2.50. The largest absolute Gasteiger partial charge is 0.494 e. The zero-order chi connectivity index (χ0) is 13.1. The van der Waals surface area contributed by atoms with Gasteiger partial charge in [0.25, 0.3) is 5.91 Å². The van der Waals surface area contributed by atoms with Gasteiger partial charge in [-0.3, -0.25) is 4.79 Å². The predicted octanol–water partition coefficient (Wildman–Crippen LogP) is 1.83. The number of ether oxygens (including phenoxy) is 1. The van der Waals surface area contributed by atoms with Crippen molar-refractivity contribution in [2.75, 3.05) is 18.2 Å². The maximum atomic E-state index is 11.8. The Morgan fingerprint density at radius 2 is 2.22 bits per heavy atom. The molecule has 0 spiro atoms. The zero-order valence-electron chi connectivity index (χ0n) is 10.1. The normalized spacial score (nSPS) is 10.1. The quantitative estimate of drug-likeness (QED) is 0.807. The number of aromatic nitrogens is 1. The highest BCUT2D eigenvalue weighted by molar-refractivity contribution is 6.03. The first-order valence-corrected chi connectivity index (χ1v) is 5.28. The van der Waals surface area contributed by atoms with E-state index in [0.29, 0.717) is 22.8 Å². The Kier molecular flexibility index (Phi) is 3.18. The Bertz CT molecular complexity index is 578. The molecule has 1 heterocycles. The minimum atomic E-state index is -0.390. The van der Waals surface area contributed by atoms with Crippen LogP contribution in [-0.4, -0.2) is 18.2 Å². The van der Waals surface area contributed by atoms with Gasteiger partial charge in [0.2, 0.25) is 5.76 Å². The average molecular weight is 247 g/mol. The molecule has 2 aromatic rings. The topological polar surface area (TPSA) is 90.4 Å². The Morgan fingerprint density at radius 1 is 1.44 bits per heavy atom. The number of amides is 1. The predicted molar refractivity (Wildman–Crippen MR) is 66.6 cm³/mol. The molecule has 3 N–H and O–H groups in total. The van der Waals surface area contributed by atoms with E-state index in [4.69, 9.17) is 15.0 Å². The molecule has 0 bridgehead atoms.